The molecule has 3 heterocycles. The van der Waals surface area contributed by atoms with Gasteiger partial charge in [0.25, 0.3) is 0 Å². The van der Waals surface area contributed by atoms with Gasteiger partial charge in [0.2, 0.25) is 0 Å². The summed E-state index contributed by atoms with van der Waals surface area (Å²) in [7, 11) is -3.18. The van der Waals surface area contributed by atoms with Crippen molar-refractivity contribution in [3.8, 4) is 11.3 Å². The number of piperidine rings is 1. The maximum atomic E-state index is 11.6. The molecule has 0 bridgehead atoms. The van der Waals surface area contributed by atoms with E-state index in [1.54, 1.807) is 24.3 Å². The van der Waals surface area contributed by atoms with Gasteiger partial charge in [0.1, 0.15) is 0 Å². The van der Waals surface area contributed by atoms with E-state index in [4.69, 9.17) is 0 Å². The van der Waals surface area contributed by atoms with Crippen LogP contribution in [0, 0.1) is 0 Å². The first-order valence-electron chi connectivity index (χ1n) is 8.37. The molecule has 0 saturated carbocycles. The van der Waals surface area contributed by atoms with Crippen molar-refractivity contribution in [2.75, 3.05) is 19.3 Å². The molecule has 0 aliphatic carbocycles. The van der Waals surface area contributed by atoms with Gasteiger partial charge in [-0.2, -0.15) is 5.10 Å². The molecule has 0 unspecified atom stereocenters. The molecule has 6 nitrogen and oxygen atoms in total. The summed E-state index contributed by atoms with van der Waals surface area (Å²) in [4.78, 5) is 4.89. The second-order valence-corrected chi connectivity index (χ2v) is 8.51. The fourth-order valence-electron chi connectivity index (χ4n) is 3.32. The first-order chi connectivity index (χ1) is 12.0. The van der Waals surface area contributed by atoms with Crippen LogP contribution in [-0.2, 0) is 9.84 Å². The maximum Gasteiger partial charge on any atom is 0.175 e. The molecule has 1 N–H and O–H groups in total. The van der Waals surface area contributed by atoms with E-state index in [-0.39, 0.29) is 0 Å². The van der Waals surface area contributed by atoms with Crippen LogP contribution in [0.2, 0.25) is 0 Å². The molecule has 1 fully saturated rings. The number of hydrogen-bond donors (Lipinski definition) is 1. The minimum atomic E-state index is -3.18. The van der Waals surface area contributed by atoms with Gasteiger partial charge in [-0.25, -0.2) is 8.42 Å². The summed E-state index contributed by atoms with van der Waals surface area (Å²) in [6.07, 6.45) is 7.11. The van der Waals surface area contributed by atoms with Crippen molar-refractivity contribution in [1.29, 1.82) is 0 Å². The molecular weight excluding hydrogens is 336 g/mol. The Morgan fingerprint density at radius 1 is 1.12 bits per heavy atom. The van der Waals surface area contributed by atoms with Crippen molar-refractivity contribution in [2.45, 2.75) is 23.8 Å². The number of benzene rings is 1. The van der Waals surface area contributed by atoms with E-state index in [1.165, 1.54) is 6.26 Å². The summed E-state index contributed by atoms with van der Waals surface area (Å²) in [6, 6.07) is 9.25. The molecule has 25 heavy (non-hydrogen) atoms. The highest BCUT2D eigenvalue weighted by molar-refractivity contribution is 7.90. The molecule has 130 valence electrons. The van der Waals surface area contributed by atoms with Crippen molar-refractivity contribution < 1.29 is 8.42 Å². The fraction of sp³-hybridized carbons (Fsp3) is 0.333. The van der Waals surface area contributed by atoms with E-state index >= 15 is 0 Å². The van der Waals surface area contributed by atoms with E-state index in [2.05, 4.69) is 20.1 Å². The van der Waals surface area contributed by atoms with E-state index in [9.17, 15) is 8.42 Å². The van der Waals surface area contributed by atoms with Crippen molar-refractivity contribution in [3.63, 3.8) is 0 Å². The molecule has 7 heteroatoms. The van der Waals surface area contributed by atoms with Gasteiger partial charge >= 0.3 is 0 Å². The SMILES string of the molecule is CS(=O)(=O)c1ccc(-c2cc3cnn(C4CCNCC4)c3cn2)cc1. The third kappa shape index (κ3) is 3.17. The normalized spacial score (nSPS) is 16.4. The summed E-state index contributed by atoms with van der Waals surface area (Å²) in [5.74, 6) is 0. The van der Waals surface area contributed by atoms with Crippen molar-refractivity contribution in [3.05, 3.63) is 42.7 Å². The number of hydrogen-bond acceptors (Lipinski definition) is 5. The fourth-order valence-corrected chi connectivity index (χ4v) is 3.95. The number of nitrogens with zero attached hydrogens (tertiary/aromatic N) is 3. The molecule has 1 aliphatic rings. The van der Waals surface area contributed by atoms with E-state index in [0.29, 0.717) is 10.9 Å². The van der Waals surface area contributed by atoms with Gasteiger partial charge in [0, 0.05) is 17.2 Å². The predicted molar refractivity (Wildman–Crippen MR) is 97.2 cm³/mol. The van der Waals surface area contributed by atoms with Crippen molar-refractivity contribution in [2.24, 2.45) is 0 Å². The molecule has 0 amide bonds. The largest absolute Gasteiger partial charge is 0.317 e. The van der Waals surface area contributed by atoms with Gasteiger partial charge in [0.05, 0.1) is 34.5 Å². The molecule has 2 aromatic heterocycles. The summed E-state index contributed by atoms with van der Waals surface area (Å²) in [5.41, 5.74) is 2.75. The van der Waals surface area contributed by atoms with Gasteiger partial charge in [-0.05, 0) is 44.1 Å². The van der Waals surface area contributed by atoms with Crippen LogP contribution in [-0.4, -0.2) is 42.5 Å². The third-order valence-electron chi connectivity index (χ3n) is 4.71. The number of nitrogens with one attached hydrogen (secondary N) is 1. The molecule has 0 spiro atoms. The Kier molecular flexibility index (Phi) is 4.05. The van der Waals surface area contributed by atoms with Crippen LogP contribution in [0.15, 0.2) is 47.6 Å². The molecule has 1 aromatic carbocycles. The average Bonchev–Trinajstić information content (AvgIpc) is 3.05. The van der Waals surface area contributed by atoms with Gasteiger partial charge in [-0.15, -0.1) is 0 Å². The van der Waals surface area contributed by atoms with E-state index in [0.717, 1.165) is 48.1 Å². The zero-order chi connectivity index (χ0) is 17.4. The second-order valence-electron chi connectivity index (χ2n) is 6.50. The van der Waals surface area contributed by atoms with Crippen molar-refractivity contribution in [1.82, 2.24) is 20.1 Å². The number of fused-ring (bicyclic) bond motifs is 1. The number of aromatic nitrogens is 3. The molecule has 1 aliphatic heterocycles. The van der Waals surface area contributed by atoms with Crippen LogP contribution in [0.5, 0.6) is 0 Å². The Balaban J connectivity index is 1.68. The number of sulfone groups is 1. The first kappa shape index (κ1) is 16.2. The summed E-state index contributed by atoms with van der Waals surface area (Å²) < 4.78 is 25.2. The number of rotatable bonds is 3. The molecule has 0 atom stereocenters. The highest BCUT2D eigenvalue weighted by atomic mass is 32.2. The molecule has 4 rings (SSSR count). The Morgan fingerprint density at radius 3 is 2.52 bits per heavy atom. The summed E-state index contributed by atoms with van der Waals surface area (Å²) in [6.45, 7) is 2.04. The monoisotopic (exact) mass is 356 g/mol. The highest BCUT2D eigenvalue weighted by Gasteiger charge is 2.18. The maximum absolute atomic E-state index is 11.6. The van der Waals surface area contributed by atoms with Gasteiger partial charge < -0.3 is 5.32 Å². The minimum absolute atomic E-state index is 0.316. The van der Waals surface area contributed by atoms with Crippen molar-refractivity contribution >= 4 is 20.7 Å². The topological polar surface area (TPSA) is 76.9 Å². The Hall–Kier alpha value is -2.25. The molecular formula is C18H20N4O2S. The smallest absolute Gasteiger partial charge is 0.175 e. The van der Waals surface area contributed by atoms with Crippen LogP contribution < -0.4 is 5.32 Å². The van der Waals surface area contributed by atoms with Gasteiger partial charge in [-0.3, -0.25) is 9.67 Å². The van der Waals surface area contributed by atoms with Crippen LogP contribution >= 0.6 is 0 Å². The Morgan fingerprint density at radius 2 is 1.84 bits per heavy atom. The zero-order valence-corrected chi connectivity index (χ0v) is 14.8. The Labute approximate surface area is 146 Å². The lowest BCUT2D eigenvalue weighted by Gasteiger charge is -2.23. The lowest BCUT2D eigenvalue weighted by atomic mass is 10.1. The van der Waals surface area contributed by atoms with E-state index < -0.39 is 9.84 Å². The second kappa shape index (κ2) is 6.24. The first-order valence-corrected chi connectivity index (χ1v) is 10.3. The summed E-state index contributed by atoms with van der Waals surface area (Å²) in [5, 5.41) is 8.99. The molecule has 0 radical (unpaired) electrons. The lowest BCUT2D eigenvalue weighted by Crippen LogP contribution is -2.29. The van der Waals surface area contributed by atoms with Crippen LogP contribution in [0.3, 0.4) is 0 Å². The van der Waals surface area contributed by atoms with Gasteiger partial charge in [-0.1, -0.05) is 12.1 Å². The molecule has 1 saturated heterocycles. The average molecular weight is 356 g/mol. The zero-order valence-electron chi connectivity index (χ0n) is 14.0. The quantitative estimate of drug-likeness (QED) is 0.780. The highest BCUT2D eigenvalue weighted by Crippen LogP contribution is 2.27. The molecule has 3 aromatic rings. The van der Waals surface area contributed by atoms with E-state index in [1.807, 2.05) is 18.5 Å². The Bertz CT molecular complexity index is 1000. The van der Waals surface area contributed by atoms with Gasteiger partial charge in [0.15, 0.2) is 9.84 Å². The van der Waals surface area contributed by atoms with Crippen LogP contribution in [0.25, 0.3) is 22.2 Å². The lowest BCUT2D eigenvalue weighted by molar-refractivity contribution is 0.351. The van der Waals surface area contributed by atoms with Crippen LogP contribution in [0.4, 0.5) is 0 Å². The minimum Gasteiger partial charge on any atom is -0.317 e. The predicted octanol–water partition coefficient (Wildman–Crippen LogP) is 2.43. The number of pyridine rings is 1. The third-order valence-corrected chi connectivity index (χ3v) is 5.84. The van der Waals surface area contributed by atoms with Crippen LogP contribution in [0.1, 0.15) is 18.9 Å². The standard InChI is InChI=1S/C18H20N4O2S/c1-25(23,24)16-4-2-13(3-5-16)17-10-14-11-21-22(18(14)12-20-17)15-6-8-19-9-7-15/h2-5,10-12,15,19H,6-9H2,1H3. The summed E-state index contributed by atoms with van der Waals surface area (Å²) >= 11 is 0.